The van der Waals surface area contributed by atoms with Crippen LogP contribution in [-0.4, -0.2) is 75.1 Å². The van der Waals surface area contributed by atoms with Crippen molar-refractivity contribution in [3.05, 3.63) is 0 Å². The highest BCUT2D eigenvalue weighted by Crippen LogP contribution is 2.84. The number of rotatable bonds is 0. The molecular weight excluding hydrogens is 400 g/mol. The zero-order chi connectivity index (χ0) is 21.8. The van der Waals surface area contributed by atoms with Gasteiger partial charge in [0.1, 0.15) is 12.2 Å². The van der Waals surface area contributed by atoms with Gasteiger partial charge in [0.05, 0.1) is 16.7 Å². The van der Waals surface area contributed by atoms with Gasteiger partial charge < -0.3 is 34.3 Å². The van der Waals surface area contributed by atoms with E-state index in [0.29, 0.717) is 0 Å². The number of carbonyl (C=O) groups is 3. The summed E-state index contributed by atoms with van der Waals surface area (Å²) in [5.41, 5.74) is -8.26. The second-order valence-corrected chi connectivity index (χ2v) is 10.7. The summed E-state index contributed by atoms with van der Waals surface area (Å²) in [6, 6.07) is 0. The van der Waals surface area contributed by atoms with Crippen molar-refractivity contribution in [2.45, 2.75) is 76.0 Å². The molecule has 0 unspecified atom stereocenters. The monoisotopic (exact) mass is 424 g/mol. The Kier molecular flexibility index (Phi) is 2.97. The van der Waals surface area contributed by atoms with Crippen molar-refractivity contribution in [3.63, 3.8) is 0 Å². The summed E-state index contributed by atoms with van der Waals surface area (Å²) in [4.78, 5) is 38.2. The maximum Gasteiger partial charge on any atom is 0.343 e. The van der Waals surface area contributed by atoms with Crippen LogP contribution in [0.2, 0.25) is 0 Å². The fourth-order valence-corrected chi connectivity index (χ4v) is 8.12. The Labute approximate surface area is 171 Å². The summed E-state index contributed by atoms with van der Waals surface area (Å²) in [5.74, 6) is -4.32. The molecule has 0 aromatic heterocycles. The van der Waals surface area contributed by atoms with Gasteiger partial charge in [-0.05, 0) is 24.7 Å². The van der Waals surface area contributed by atoms with E-state index in [1.807, 2.05) is 20.8 Å². The molecule has 0 amide bonds. The van der Waals surface area contributed by atoms with Crippen molar-refractivity contribution in [1.29, 1.82) is 0 Å². The van der Waals surface area contributed by atoms with Crippen molar-refractivity contribution in [2.75, 3.05) is 0 Å². The van der Waals surface area contributed by atoms with Gasteiger partial charge in [-0.3, -0.25) is 4.79 Å². The van der Waals surface area contributed by atoms with Crippen LogP contribution in [0.5, 0.6) is 0 Å². The number of fused-ring (bicyclic) bond motifs is 1. The van der Waals surface area contributed by atoms with E-state index >= 15 is 0 Å². The Balaban J connectivity index is 1.72. The molecule has 0 radical (unpaired) electrons. The van der Waals surface area contributed by atoms with Crippen molar-refractivity contribution in [3.8, 4) is 0 Å². The molecule has 0 bridgehead atoms. The summed E-state index contributed by atoms with van der Waals surface area (Å²) in [5, 5.41) is 34.7. The Morgan fingerprint density at radius 1 is 1.03 bits per heavy atom. The molecule has 4 saturated heterocycles. The van der Waals surface area contributed by atoms with Gasteiger partial charge in [0, 0.05) is 0 Å². The summed E-state index contributed by atoms with van der Waals surface area (Å²) in [6.45, 7) is 7.14. The zero-order valence-electron chi connectivity index (χ0n) is 16.9. The third kappa shape index (κ3) is 1.33. The number of hydrogen-bond donors (Lipinski definition) is 3. The molecule has 2 aliphatic carbocycles. The second-order valence-electron chi connectivity index (χ2n) is 10.7. The molecule has 3 N–H and O–H groups in total. The highest BCUT2D eigenvalue weighted by atomic mass is 16.8. The smallest absolute Gasteiger partial charge is 0.343 e. The summed E-state index contributed by atoms with van der Waals surface area (Å²) >= 11 is 0. The molecule has 2 spiro atoms. The molecule has 10 heteroatoms. The lowest BCUT2D eigenvalue weighted by atomic mass is 9.51. The predicted molar refractivity (Wildman–Crippen MR) is 92.0 cm³/mol. The van der Waals surface area contributed by atoms with Crippen molar-refractivity contribution in [2.24, 2.45) is 28.1 Å². The molecule has 2 saturated carbocycles. The van der Waals surface area contributed by atoms with E-state index < -0.39 is 87.9 Å². The molecule has 11 atom stereocenters. The number of carbonyl (C=O) groups excluding carboxylic acids is 3. The van der Waals surface area contributed by atoms with Crippen molar-refractivity contribution >= 4 is 17.9 Å². The lowest BCUT2D eigenvalue weighted by Gasteiger charge is -2.47. The minimum absolute atomic E-state index is 0.229. The van der Waals surface area contributed by atoms with Gasteiger partial charge in [0.15, 0.2) is 17.8 Å². The van der Waals surface area contributed by atoms with Crippen LogP contribution in [0.1, 0.15) is 34.1 Å². The molecule has 6 aliphatic rings. The van der Waals surface area contributed by atoms with Crippen LogP contribution in [0.3, 0.4) is 0 Å². The van der Waals surface area contributed by atoms with E-state index in [4.69, 9.17) is 18.9 Å². The van der Waals surface area contributed by atoms with Crippen LogP contribution < -0.4 is 0 Å². The van der Waals surface area contributed by atoms with Crippen LogP contribution in [0, 0.1) is 28.1 Å². The maximum atomic E-state index is 13.4. The molecule has 6 fully saturated rings. The van der Waals surface area contributed by atoms with Crippen molar-refractivity contribution < 1.29 is 48.7 Å². The molecule has 164 valence electrons. The third-order valence-electron chi connectivity index (χ3n) is 9.00. The lowest BCUT2D eigenvalue weighted by molar-refractivity contribution is -0.239. The quantitative estimate of drug-likeness (QED) is 0.314. The van der Waals surface area contributed by atoms with Gasteiger partial charge in [0.25, 0.3) is 0 Å². The van der Waals surface area contributed by atoms with Gasteiger partial charge in [-0.25, -0.2) is 9.59 Å². The van der Waals surface area contributed by atoms with E-state index in [2.05, 4.69) is 0 Å². The van der Waals surface area contributed by atoms with Crippen LogP contribution in [0.4, 0.5) is 0 Å². The molecule has 4 aliphatic heterocycles. The Morgan fingerprint density at radius 3 is 2.33 bits per heavy atom. The van der Waals surface area contributed by atoms with Gasteiger partial charge in [-0.1, -0.05) is 20.8 Å². The molecule has 0 aromatic rings. The molecule has 4 heterocycles. The summed E-state index contributed by atoms with van der Waals surface area (Å²) in [6.07, 6.45) is -6.91. The largest absolute Gasteiger partial charge is 0.459 e. The maximum absolute atomic E-state index is 13.4. The van der Waals surface area contributed by atoms with E-state index in [9.17, 15) is 29.7 Å². The topological polar surface area (TPSA) is 149 Å². The second kappa shape index (κ2) is 4.69. The minimum Gasteiger partial charge on any atom is -0.459 e. The number of esters is 3. The number of aliphatic hydroxyl groups is 3. The fourth-order valence-electron chi connectivity index (χ4n) is 8.12. The van der Waals surface area contributed by atoms with Gasteiger partial charge in [0.2, 0.25) is 11.9 Å². The van der Waals surface area contributed by atoms with Gasteiger partial charge in [-0.15, -0.1) is 0 Å². The van der Waals surface area contributed by atoms with Crippen molar-refractivity contribution in [1.82, 2.24) is 0 Å². The minimum atomic E-state index is -2.24. The standard InChI is InChI=1S/C20H24O10/c1-6-12(23)28-11-9(21)18-8-5-7(16(2,3)4)17(18)10(22)13(24)29-15(17)30-20(18,14(25)27-8)19(6,11)26/h6-11,15,21-22,26H,5H2,1-4H3/t6-,7+,8+,9+,10+,11+,15+,17+,18+,19-,20+/m1/s1. The highest BCUT2D eigenvalue weighted by molar-refractivity contribution is 5.94. The van der Waals surface area contributed by atoms with Crippen LogP contribution in [0.15, 0.2) is 0 Å². The van der Waals surface area contributed by atoms with Crippen LogP contribution in [-0.2, 0) is 33.3 Å². The first kappa shape index (κ1) is 19.0. The Hall–Kier alpha value is -1.75. The molecule has 6 rings (SSSR count). The van der Waals surface area contributed by atoms with Gasteiger partial charge in [-0.2, -0.15) is 0 Å². The predicted octanol–water partition coefficient (Wildman–Crippen LogP) is -1.37. The molecule has 10 nitrogen and oxygen atoms in total. The number of ether oxygens (including phenoxy) is 4. The zero-order valence-corrected chi connectivity index (χ0v) is 16.9. The SMILES string of the molecule is C[C@@H]1C(=O)O[C@H]2[C@H](O)[C@@]34[C@@H]5C[C@@H](C(C)(C)C)[C@]36[C@@H](OC(=O)[C@@H]6O)O[C@]4(C(=O)O5)[C@@]12O. The first-order valence-electron chi connectivity index (χ1n) is 10.2. The molecule has 0 aromatic carbocycles. The van der Waals surface area contributed by atoms with E-state index in [1.54, 1.807) is 0 Å². The first-order chi connectivity index (χ1) is 13.8. The van der Waals surface area contributed by atoms with Gasteiger partial charge >= 0.3 is 17.9 Å². The van der Waals surface area contributed by atoms with E-state index in [-0.39, 0.29) is 6.42 Å². The third-order valence-corrected chi connectivity index (χ3v) is 9.00. The Morgan fingerprint density at radius 2 is 1.70 bits per heavy atom. The average molecular weight is 424 g/mol. The normalized spacial score (nSPS) is 60.1. The lowest BCUT2D eigenvalue weighted by Crippen LogP contribution is -2.67. The Bertz CT molecular complexity index is 925. The molecule has 30 heavy (non-hydrogen) atoms. The fraction of sp³-hybridized carbons (Fsp3) is 0.850. The van der Waals surface area contributed by atoms with Crippen LogP contribution in [0.25, 0.3) is 0 Å². The highest BCUT2D eigenvalue weighted by Gasteiger charge is 3.03. The first-order valence-corrected chi connectivity index (χ1v) is 10.2. The van der Waals surface area contributed by atoms with Crippen LogP contribution >= 0.6 is 0 Å². The van der Waals surface area contributed by atoms with E-state index in [0.717, 1.165) is 0 Å². The number of aliphatic hydroxyl groups excluding tert-OH is 2. The summed E-state index contributed by atoms with van der Waals surface area (Å²) in [7, 11) is 0. The summed E-state index contributed by atoms with van der Waals surface area (Å²) < 4.78 is 22.5. The number of hydrogen-bond acceptors (Lipinski definition) is 10. The van der Waals surface area contributed by atoms with E-state index in [1.165, 1.54) is 6.92 Å². The average Bonchev–Trinajstić information content (AvgIpc) is 3.35. The molecular formula is C20H24O10.